The van der Waals surface area contributed by atoms with Gasteiger partial charge in [-0.15, -0.1) is 0 Å². The maximum atomic E-state index is 3.38. The molecule has 2 aromatic carbocycles. The molecule has 0 aliphatic carbocycles. The number of benzene rings is 2. The maximum Gasteiger partial charge on any atom is 0.0208 e. The normalized spacial score (nSPS) is 10.5. The summed E-state index contributed by atoms with van der Waals surface area (Å²) in [6.07, 6.45) is 0. The van der Waals surface area contributed by atoms with Crippen molar-refractivity contribution in [2.75, 3.05) is 6.54 Å². The van der Waals surface area contributed by atoms with Gasteiger partial charge in [0, 0.05) is 6.54 Å². The van der Waals surface area contributed by atoms with Crippen LogP contribution in [0.1, 0.15) is 18.1 Å². The third-order valence-electron chi connectivity index (χ3n) is 3.10. The zero-order valence-electron chi connectivity index (χ0n) is 10.5. The molecular weight excluding hydrogens is 206 g/mol. The Kier molecular flexibility index (Phi) is 3.94. The van der Waals surface area contributed by atoms with Crippen molar-refractivity contribution in [1.82, 2.24) is 5.32 Å². The average molecular weight is 225 g/mol. The molecule has 0 bridgehead atoms. The van der Waals surface area contributed by atoms with Crippen molar-refractivity contribution < 1.29 is 0 Å². The third kappa shape index (κ3) is 2.75. The fourth-order valence-corrected chi connectivity index (χ4v) is 2.07. The summed E-state index contributed by atoms with van der Waals surface area (Å²) in [4.78, 5) is 0. The second-order valence-corrected chi connectivity index (χ2v) is 4.24. The zero-order valence-corrected chi connectivity index (χ0v) is 10.5. The Balaban J connectivity index is 2.36. The lowest BCUT2D eigenvalue weighted by atomic mass is 9.96. The Hall–Kier alpha value is -1.60. The van der Waals surface area contributed by atoms with Crippen molar-refractivity contribution in [2.45, 2.75) is 20.4 Å². The summed E-state index contributed by atoms with van der Waals surface area (Å²) in [7, 11) is 0. The minimum absolute atomic E-state index is 0.947. The molecule has 0 saturated heterocycles. The van der Waals surface area contributed by atoms with E-state index in [1.165, 1.54) is 22.3 Å². The fraction of sp³-hybridized carbons (Fsp3) is 0.250. The van der Waals surface area contributed by atoms with Crippen LogP contribution in [0.4, 0.5) is 0 Å². The topological polar surface area (TPSA) is 12.0 Å². The SMILES string of the molecule is CCNCc1cccc(-c2ccccc2)c1C. The molecule has 0 aromatic heterocycles. The van der Waals surface area contributed by atoms with Gasteiger partial charge in [0.1, 0.15) is 0 Å². The number of hydrogen-bond acceptors (Lipinski definition) is 1. The number of nitrogens with one attached hydrogen (secondary N) is 1. The second-order valence-electron chi connectivity index (χ2n) is 4.24. The minimum atomic E-state index is 0.947. The zero-order chi connectivity index (χ0) is 12.1. The second kappa shape index (κ2) is 5.65. The third-order valence-corrected chi connectivity index (χ3v) is 3.10. The smallest absolute Gasteiger partial charge is 0.0208 e. The van der Waals surface area contributed by atoms with Crippen LogP contribution in [-0.4, -0.2) is 6.54 Å². The Morgan fingerprint density at radius 3 is 2.41 bits per heavy atom. The highest BCUT2D eigenvalue weighted by atomic mass is 14.8. The van der Waals surface area contributed by atoms with Gasteiger partial charge in [-0.05, 0) is 35.7 Å². The molecule has 0 unspecified atom stereocenters. The van der Waals surface area contributed by atoms with Crippen LogP contribution in [0.15, 0.2) is 48.5 Å². The van der Waals surface area contributed by atoms with Crippen LogP contribution in [0, 0.1) is 6.92 Å². The average Bonchev–Trinajstić information content (AvgIpc) is 2.39. The van der Waals surface area contributed by atoms with Crippen LogP contribution in [0.3, 0.4) is 0 Å². The Morgan fingerprint density at radius 2 is 1.71 bits per heavy atom. The summed E-state index contributed by atoms with van der Waals surface area (Å²) < 4.78 is 0. The lowest BCUT2D eigenvalue weighted by Crippen LogP contribution is -2.12. The van der Waals surface area contributed by atoms with Crippen LogP contribution >= 0.6 is 0 Å². The van der Waals surface area contributed by atoms with E-state index >= 15 is 0 Å². The number of rotatable bonds is 4. The molecule has 0 atom stereocenters. The van der Waals surface area contributed by atoms with Crippen LogP contribution in [-0.2, 0) is 6.54 Å². The van der Waals surface area contributed by atoms with E-state index in [1.807, 2.05) is 0 Å². The van der Waals surface area contributed by atoms with Gasteiger partial charge in [0.15, 0.2) is 0 Å². The molecule has 0 radical (unpaired) electrons. The van der Waals surface area contributed by atoms with Crippen LogP contribution < -0.4 is 5.32 Å². The van der Waals surface area contributed by atoms with Crippen molar-refractivity contribution in [3.63, 3.8) is 0 Å². The van der Waals surface area contributed by atoms with Gasteiger partial charge < -0.3 is 5.32 Å². The molecular formula is C16H19N. The first-order chi connectivity index (χ1) is 8.33. The van der Waals surface area contributed by atoms with E-state index in [-0.39, 0.29) is 0 Å². The molecule has 0 fully saturated rings. The van der Waals surface area contributed by atoms with Crippen molar-refractivity contribution >= 4 is 0 Å². The lowest BCUT2D eigenvalue weighted by Gasteiger charge is -2.11. The summed E-state index contributed by atoms with van der Waals surface area (Å²) in [5.74, 6) is 0. The Bertz CT molecular complexity index is 474. The van der Waals surface area contributed by atoms with E-state index in [2.05, 4.69) is 67.7 Å². The summed E-state index contributed by atoms with van der Waals surface area (Å²) in [6.45, 7) is 6.30. The fourth-order valence-electron chi connectivity index (χ4n) is 2.07. The van der Waals surface area contributed by atoms with Gasteiger partial charge in [-0.2, -0.15) is 0 Å². The predicted molar refractivity (Wildman–Crippen MR) is 74.0 cm³/mol. The maximum absolute atomic E-state index is 3.38. The van der Waals surface area contributed by atoms with Crippen LogP contribution in [0.25, 0.3) is 11.1 Å². The van der Waals surface area contributed by atoms with Gasteiger partial charge in [-0.25, -0.2) is 0 Å². The molecule has 0 spiro atoms. The van der Waals surface area contributed by atoms with Crippen molar-refractivity contribution in [3.05, 3.63) is 59.7 Å². The highest BCUT2D eigenvalue weighted by molar-refractivity contribution is 5.68. The van der Waals surface area contributed by atoms with E-state index in [0.29, 0.717) is 0 Å². The van der Waals surface area contributed by atoms with Gasteiger partial charge >= 0.3 is 0 Å². The van der Waals surface area contributed by atoms with Gasteiger partial charge in [-0.3, -0.25) is 0 Å². The van der Waals surface area contributed by atoms with Gasteiger partial charge in [0.25, 0.3) is 0 Å². The largest absolute Gasteiger partial charge is 0.313 e. The van der Waals surface area contributed by atoms with E-state index in [4.69, 9.17) is 0 Å². The Labute approximate surface area is 103 Å². The molecule has 1 heteroatoms. The van der Waals surface area contributed by atoms with Gasteiger partial charge in [-0.1, -0.05) is 55.5 Å². The van der Waals surface area contributed by atoms with E-state index in [1.54, 1.807) is 0 Å². The number of hydrogen-bond donors (Lipinski definition) is 1. The molecule has 88 valence electrons. The molecule has 0 saturated carbocycles. The predicted octanol–water partition coefficient (Wildman–Crippen LogP) is 3.77. The standard InChI is InChI=1S/C16H19N/c1-3-17-12-15-10-7-11-16(13(15)2)14-8-5-4-6-9-14/h4-11,17H,3,12H2,1-2H3. The van der Waals surface area contributed by atoms with E-state index in [9.17, 15) is 0 Å². The van der Waals surface area contributed by atoms with Crippen molar-refractivity contribution in [3.8, 4) is 11.1 Å². The first kappa shape index (κ1) is 11.9. The molecule has 0 aliphatic heterocycles. The van der Waals surface area contributed by atoms with Gasteiger partial charge in [0.2, 0.25) is 0 Å². The summed E-state index contributed by atoms with van der Waals surface area (Å²) >= 11 is 0. The monoisotopic (exact) mass is 225 g/mol. The quantitative estimate of drug-likeness (QED) is 0.835. The summed E-state index contributed by atoms with van der Waals surface area (Å²) in [5.41, 5.74) is 5.39. The van der Waals surface area contributed by atoms with Crippen molar-refractivity contribution in [1.29, 1.82) is 0 Å². The molecule has 1 N–H and O–H groups in total. The minimum Gasteiger partial charge on any atom is -0.313 e. The van der Waals surface area contributed by atoms with E-state index < -0.39 is 0 Å². The molecule has 0 aliphatic rings. The van der Waals surface area contributed by atoms with Crippen molar-refractivity contribution in [2.24, 2.45) is 0 Å². The molecule has 2 aromatic rings. The summed E-state index contributed by atoms with van der Waals surface area (Å²) in [6, 6.07) is 17.1. The van der Waals surface area contributed by atoms with Gasteiger partial charge in [0.05, 0.1) is 0 Å². The first-order valence-electron chi connectivity index (χ1n) is 6.17. The molecule has 2 rings (SSSR count). The molecule has 1 nitrogen and oxygen atoms in total. The Morgan fingerprint density at radius 1 is 0.941 bits per heavy atom. The highest BCUT2D eigenvalue weighted by Crippen LogP contribution is 2.25. The van der Waals surface area contributed by atoms with Crippen LogP contribution in [0.2, 0.25) is 0 Å². The molecule has 0 amide bonds. The first-order valence-corrected chi connectivity index (χ1v) is 6.17. The highest BCUT2D eigenvalue weighted by Gasteiger charge is 2.04. The van der Waals surface area contributed by atoms with E-state index in [0.717, 1.165) is 13.1 Å². The molecule has 0 heterocycles. The lowest BCUT2D eigenvalue weighted by molar-refractivity contribution is 0.724. The summed E-state index contributed by atoms with van der Waals surface area (Å²) in [5, 5.41) is 3.38. The van der Waals surface area contributed by atoms with Crippen LogP contribution in [0.5, 0.6) is 0 Å². The molecule has 17 heavy (non-hydrogen) atoms.